The van der Waals surface area contributed by atoms with Gasteiger partial charge in [-0.3, -0.25) is 4.79 Å². The minimum Gasteiger partial charge on any atom is -0.441 e. The van der Waals surface area contributed by atoms with Crippen LogP contribution in [-0.4, -0.2) is 20.4 Å². The molecule has 3 aromatic carbocycles. The van der Waals surface area contributed by atoms with E-state index >= 15 is 0 Å². The summed E-state index contributed by atoms with van der Waals surface area (Å²) in [5.41, 5.74) is 3.64. The zero-order chi connectivity index (χ0) is 23.5. The number of para-hydroxylation sites is 2. The minimum atomic E-state index is -0.380. The van der Waals surface area contributed by atoms with Crippen molar-refractivity contribution < 1.29 is 9.21 Å². The first-order chi connectivity index (χ1) is 16.6. The molecule has 1 N–H and O–H groups in total. The van der Waals surface area contributed by atoms with Crippen LogP contribution < -0.4 is 5.32 Å². The van der Waals surface area contributed by atoms with Gasteiger partial charge in [0.05, 0.1) is 22.3 Å². The average molecular weight is 471 g/mol. The summed E-state index contributed by atoms with van der Waals surface area (Å²) < 4.78 is 7.87. The van der Waals surface area contributed by atoms with Crippen LogP contribution in [0, 0.1) is 0 Å². The summed E-state index contributed by atoms with van der Waals surface area (Å²) in [6, 6.07) is 24.9. The summed E-state index contributed by atoms with van der Waals surface area (Å²) in [4.78, 5) is 22.1. The Labute approximate surface area is 202 Å². The Bertz CT molecular complexity index is 1440. The van der Waals surface area contributed by atoms with Gasteiger partial charge in [0, 0.05) is 25.5 Å². The molecule has 0 fully saturated rings. The molecule has 0 aliphatic carbocycles. The molecule has 34 heavy (non-hydrogen) atoms. The van der Waals surface area contributed by atoms with Gasteiger partial charge in [0.15, 0.2) is 11.7 Å². The van der Waals surface area contributed by atoms with Gasteiger partial charge in [-0.05, 0) is 29.8 Å². The number of aromatic nitrogens is 3. The van der Waals surface area contributed by atoms with Crippen LogP contribution in [0.2, 0.25) is 5.02 Å². The quantitative estimate of drug-likeness (QED) is 0.330. The number of aryl methyl sites for hydroxylation is 2. The number of fused-ring (bicyclic) bond motifs is 1. The van der Waals surface area contributed by atoms with E-state index < -0.39 is 0 Å². The molecule has 0 saturated heterocycles. The van der Waals surface area contributed by atoms with Crippen molar-refractivity contribution in [1.82, 2.24) is 19.9 Å². The monoisotopic (exact) mass is 470 g/mol. The molecule has 5 rings (SSSR count). The molecule has 1 atom stereocenters. The summed E-state index contributed by atoms with van der Waals surface area (Å²) in [6.45, 7) is 0. The average Bonchev–Trinajstić information content (AvgIpc) is 3.47. The molecule has 5 aromatic rings. The van der Waals surface area contributed by atoms with Gasteiger partial charge >= 0.3 is 0 Å². The molecule has 0 aliphatic rings. The number of hydrogen-bond acceptors (Lipinski definition) is 4. The molecule has 1 amide bonds. The van der Waals surface area contributed by atoms with Crippen molar-refractivity contribution in [2.24, 2.45) is 7.05 Å². The highest BCUT2D eigenvalue weighted by atomic mass is 35.5. The van der Waals surface area contributed by atoms with Gasteiger partial charge < -0.3 is 14.3 Å². The molecule has 2 heterocycles. The van der Waals surface area contributed by atoms with Crippen molar-refractivity contribution >= 4 is 28.5 Å². The zero-order valence-electron chi connectivity index (χ0n) is 18.6. The second kappa shape index (κ2) is 9.53. The van der Waals surface area contributed by atoms with E-state index in [0.717, 1.165) is 28.0 Å². The Balaban J connectivity index is 1.34. The summed E-state index contributed by atoms with van der Waals surface area (Å²) in [5, 5.41) is 3.75. The Hall–Kier alpha value is -3.90. The van der Waals surface area contributed by atoms with Gasteiger partial charge in [0.2, 0.25) is 5.91 Å². The van der Waals surface area contributed by atoms with E-state index in [1.165, 1.54) is 0 Å². The number of hydrogen-bond donors (Lipinski definition) is 1. The number of halogens is 1. The summed E-state index contributed by atoms with van der Waals surface area (Å²) in [5.74, 6) is 1.74. The molecule has 170 valence electrons. The molecule has 0 spiro atoms. The topological polar surface area (TPSA) is 73.0 Å². The summed E-state index contributed by atoms with van der Waals surface area (Å²) >= 11 is 6.25. The SMILES string of the molecule is Cn1c(C(NC(=O)CCc2ncc(-c3ccccc3Cl)o2)c2ccccc2)nc2ccccc21. The van der Waals surface area contributed by atoms with Crippen molar-refractivity contribution in [3.8, 4) is 11.3 Å². The van der Waals surface area contributed by atoms with Gasteiger partial charge in [-0.25, -0.2) is 9.97 Å². The molecular formula is C27H23ClN4O2. The van der Waals surface area contributed by atoms with Gasteiger partial charge in [-0.2, -0.15) is 0 Å². The third-order valence-electron chi connectivity index (χ3n) is 5.78. The third-order valence-corrected chi connectivity index (χ3v) is 6.11. The molecule has 0 aliphatic heterocycles. The second-order valence-corrected chi connectivity index (χ2v) is 8.43. The number of oxazole rings is 1. The molecule has 1 unspecified atom stereocenters. The number of carbonyl (C=O) groups is 1. The number of rotatable bonds is 7. The van der Waals surface area contributed by atoms with Crippen molar-refractivity contribution in [2.45, 2.75) is 18.9 Å². The fourth-order valence-corrected chi connectivity index (χ4v) is 4.26. The first kappa shape index (κ1) is 21.9. The van der Waals surface area contributed by atoms with E-state index in [2.05, 4.69) is 10.3 Å². The number of imidazole rings is 1. The third kappa shape index (κ3) is 4.45. The van der Waals surface area contributed by atoms with E-state index in [1.54, 1.807) is 12.3 Å². The molecule has 0 radical (unpaired) electrons. The maximum atomic E-state index is 13.0. The smallest absolute Gasteiger partial charge is 0.221 e. The van der Waals surface area contributed by atoms with Crippen molar-refractivity contribution in [3.63, 3.8) is 0 Å². The van der Waals surface area contributed by atoms with E-state index in [1.807, 2.05) is 84.4 Å². The van der Waals surface area contributed by atoms with Crippen molar-refractivity contribution in [1.29, 1.82) is 0 Å². The second-order valence-electron chi connectivity index (χ2n) is 8.03. The molecule has 7 heteroatoms. The van der Waals surface area contributed by atoms with E-state index in [9.17, 15) is 4.79 Å². The van der Waals surface area contributed by atoms with Gasteiger partial charge in [-0.1, -0.05) is 66.2 Å². The normalized spacial score (nSPS) is 12.1. The molecule has 6 nitrogen and oxygen atoms in total. The first-order valence-electron chi connectivity index (χ1n) is 11.1. The van der Waals surface area contributed by atoms with Gasteiger partial charge in [-0.15, -0.1) is 0 Å². The number of amides is 1. The van der Waals surface area contributed by atoms with Crippen LogP contribution in [0.3, 0.4) is 0 Å². The van der Waals surface area contributed by atoms with Gasteiger partial charge in [0.1, 0.15) is 11.9 Å². The predicted octanol–water partition coefficient (Wildman–Crippen LogP) is 5.72. The lowest BCUT2D eigenvalue weighted by Crippen LogP contribution is -2.31. The fourth-order valence-electron chi connectivity index (χ4n) is 4.03. The van der Waals surface area contributed by atoms with E-state index in [-0.39, 0.29) is 18.4 Å². The highest BCUT2D eigenvalue weighted by molar-refractivity contribution is 6.33. The fraction of sp³-hybridized carbons (Fsp3) is 0.148. The number of nitrogens with zero attached hydrogens (tertiary/aromatic N) is 3. The van der Waals surface area contributed by atoms with Crippen LogP contribution in [0.5, 0.6) is 0 Å². The van der Waals surface area contributed by atoms with Crippen LogP contribution in [0.15, 0.2) is 89.5 Å². The van der Waals surface area contributed by atoms with Crippen LogP contribution in [0.1, 0.15) is 29.7 Å². The Kier molecular flexibility index (Phi) is 6.14. The Morgan fingerprint density at radius 1 is 1.03 bits per heavy atom. The number of benzene rings is 3. The Morgan fingerprint density at radius 2 is 1.76 bits per heavy atom. The van der Waals surface area contributed by atoms with Crippen LogP contribution in [0.25, 0.3) is 22.4 Å². The number of carbonyl (C=O) groups excluding carboxylic acids is 1. The minimum absolute atomic E-state index is 0.113. The molecule has 0 saturated carbocycles. The maximum Gasteiger partial charge on any atom is 0.221 e. The van der Waals surface area contributed by atoms with Crippen LogP contribution >= 0.6 is 11.6 Å². The lowest BCUT2D eigenvalue weighted by Gasteiger charge is -2.19. The summed E-state index contributed by atoms with van der Waals surface area (Å²) in [7, 11) is 1.97. The zero-order valence-corrected chi connectivity index (χ0v) is 19.4. The van der Waals surface area contributed by atoms with Crippen LogP contribution in [-0.2, 0) is 18.3 Å². The highest BCUT2D eigenvalue weighted by Gasteiger charge is 2.23. The van der Waals surface area contributed by atoms with Gasteiger partial charge in [0.25, 0.3) is 0 Å². The molecule has 2 aromatic heterocycles. The van der Waals surface area contributed by atoms with Crippen molar-refractivity contribution in [3.05, 3.63) is 107 Å². The number of nitrogens with one attached hydrogen (secondary N) is 1. The lowest BCUT2D eigenvalue weighted by atomic mass is 10.1. The molecular weight excluding hydrogens is 448 g/mol. The van der Waals surface area contributed by atoms with Crippen LogP contribution in [0.4, 0.5) is 0 Å². The lowest BCUT2D eigenvalue weighted by molar-refractivity contribution is -0.121. The maximum absolute atomic E-state index is 13.0. The highest BCUT2D eigenvalue weighted by Crippen LogP contribution is 2.28. The van der Waals surface area contributed by atoms with Crippen molar-refractivity contribution in [2.75, 3.05) is 0 Å². The predicted molar refractivity (Wildman–Crippen MR) is 132 cm³/mol. The molecule has 0 bridgehead atoms. The Morgan fingerprint density at radius 3 is 2.56 bits per heavy atom. The largest absolute Gasteiger partial charge is 0.441 e. The summed E-state index contributed by atoms with van der Waals surface area (Å²) in [6.07, 6.45) is 2.25. The van der Waals surface area contributed by atoms with E-state index in [4.69, 9.17) is 21.0 Å². The van der Waals surface area contributed by atoms with E-state index in [0.29, 0.717) is 23.1 Å². The standard InChI is InChI=1S/C27H23ClN4O2/c1-32-22-14-8-7-13-21(22)30-27(32)26(18-9-3-2-4-10-18)31-24(33)15-16-25-29-17-23(34-25)19-11-5-6-12-20(19)28/h2-14,17,26H,15-16H2,1H3,(H,31,33). The first-order valence-corrected chi connectivity index (χ1v) is 11.4.